The SMILES string of the molecule is COc1ccc(OC(=O)CC(NC(=O)c2ccccc2)c2ccccc2)cc1. The quantitative estimate of drug-likeness (QED) is 0.497. The van der Waals surface area contributed by atoms with Crippen LogP contribution in [0.15, 0.2) is 84.9 Å². The van der Waals surface area contributed by atoms with E-state index in [1.54, 1.807) is 55.6 Å². The van der Waals surface area contributed by atoms with Crippen LogP contribution in [0.5, 0.6) is 11.5 Å². The number of methoxy groups -OCH3 is 1. The average molecular weight is 375 g/mol. The molecule has 0 saturated carbocycles. The molecule has 0 aliphatic heterocycles. The van der Waals surface area contributed by atoms with Gasteiger partial charge in [0.2, 0.25) is 0 Å². The van der Waals surface area contributed by atoms with E-state index in [0.29, 0.717) is 17.1 Å². The van der Waals surface area contributed by atoms with E-state index in [1.807, 2.05) is 36.4 Å². The number of ether oxygens (including phenoxy) is 2. The van der Waals surface area contributed by atoms with E-state index in [2.05, 4.69) is 5.32 Å². The number of hydrogen-bond donors (Lipinski definition) is 1. The molecule has 1 unspecified atom stereocenters. The smallest absolute Gasteiger partial charge is 0.313 e. The lowest BCUT2D eigenvalue weighted by Gasteiger charge is -2.19. The molecule has 0 saturated heterocycles. The second-order valence-electron chi connectivity index (χ2n) is 6.16. The molecule has 5 heteroatoms. The molecule has 0 spiro atoms. The minimum Gasteiger partial charge on any atom is -0.497 e. The molecule has 5 nitrogen and oxygen atoms in total. The van der Waals surface area contributed by atoms with Crippen LogP contribution in [-0.4, -0.2) is 19.0 Å². The Hall–Kier alpha value is -3.60. The van der Waals surface area contributed by atoms with Crippen molar-refractivity contribution in [2.45, 2.75) is 12.5 Å². The van der Waals surface area contributed by atoms with Crippen molar-refractivity contribution in [3.8, 4) is 11.5 Å². The van der Waals surface area contributed by atoms with Crippen molar-refractivity contribution in [2.75, 3.05) is 7.11 Å². The van der Waals surface area contributed by atoms with E-state index in [4.69, 9.17) is 9.47 Å². The van der Waals surface area contributed by atoms with Crippen molar-refractivity contribution in [3.05, 3.63) is 96.1 Å². The van der Waals surface area contributed by atoms with Gasteiger partial charge in [-0.2, -0.15) is 0 Å². The Morgan fingerprint density at radius 2 is 1.39 bits per heavy atom. The van der Waals surface area contributed by atoms with Crippen LogP contribution in [0.2, 0.25) is 0 Å². The Bertz CT molecular complexity index is 908. The predicted molar refractivity (Wildman–Crippen MR) is 106 cm³/mol. The lowest BCUT2D eigenvalue weighted by molar-refractivity contribution is -0.134. The lowest BCUT2D eigenvalue weighted by Crippen LogP contribution is -2.31. The standard InChI is InChI=1S/C23H21NO4/c1-27-19-12-14-20(15-13-19)28-22(25)16-21(17-8-4-2-5-9-17)24-23(26)18-10-6-3-7-11-18/h2-15,21H,16H2,1H3,(H,24,26). The summed E-state index contributed by atoms with van der Waals surface area (Å²) in [6, 6.07) is 24.5. The Labute approximate surface area is 163 Å². The van der Waals surface area contributed by atoms with Gasteiger partial charge in [-0.25, -0.2) is 0 Å². The van der Waals surface area contributed by atoms with Crippen LogP contribution < -0.4 is 14.8 Å². The third-order valence-corrected chi connectivity index (χ3v) is 4.21. The van der Waals surface area contributed by atoms with E-state index in [-0.39, 0.29) is 12.3 Å². The average Bonchev–Trinajstić information content (AvgIpc) is 2.75. The zero-order valence-corrected chi connectivity index (χ0v) is 15.5. The van der Waals surface area contributed by atoms with Gasteiger partial charge in [0.15, 0.2) is 0 Å². The topological polar surface area (TPSA) is 64.6 Å². The zero-order chi connectivity index (χ0) is 19.8. The Balaban J connectivity index is 1.71. The molecule has 1 atom stereocenters. The van der Waals surface area contributed by atoms with Gasteiger partial charge in [0.25, 0.3) is 5.91 Å². The highest BCUT2D eigenvalue weighted by atomic mass is 16.5. The van der Waals surface area contributed by atoms with Crippen LogP contribution in [0, 0.1) is 0 Å². The monoisotopic (exact) mass is 375 g/mol. The van der Waals surface area contributed by atoms with Crippen LogP contribution in [0.3, 0.4) is 0 Å². The highest BCUT2D eigenvalue weighted by Crippen LogP contribution is 2.21. The van der Waals surface area contributed by atoms with Gasteiger partial charge in [-0.15, -0.1) is 0 Å². The summed E-state index contributed by atoms with van der Waals surface area (Å²) < 4.78 is 10.5. The molecule has 3 aromatic rings. The molecule has 1 N–H and O–H groups in total. The van der Waals surface area contributed by atoms with Gasteiger partial charge in [0, 0.05) is 5.56 Å². The van der Waals surface area contributed by atoms with E-state index < -0.39 is 12.0 Å². The van der Waals surface area contributed by atoms with Crippen molar-refractivity contribution in [1.82, 2.24) is 5.32 Å². The zero-order valence-electron chi connectivity index (χ0n) is 15.5. The lowest BCUT2D eigenvalue weighted by atomic mass is 10.0. The number of amides is 1. The van der Waals surface area contributed by atoms with Gasteiger partial charge >= 0.3 is 5.97 Å². The molecule has 0 heterocycles. The molecule has 3 rings (SSSR count). The largest absolute Gasteiger partial charge is 0.497 e. The molecule has 0 fully saturated rings. The third kappa shape index (κ3) is 5.20. The first-order valence-corrected chi connectivity index (χ1v) is 8.91. The number of benzene rings is 3. The molecule has 3 aromatic carbocycles. The summed E-state index contributed by atoms with van der Waals surface area (Å²) in [6.45, 7) is 0. The van der Waals surface area contributed by atoms with E-state index in [0.717, 1.165) is 5.56 Å². The van der Waals surface area contributed by atoms with Crippen molar-refractivity contribution >= 4 is 11.9 Å². The molecule has 142 valence electrons. The Kier molecular flexibility index (Phi) is 6.41. The van der Waals surface area contributed by atoms with E-state index in [9.17, 15) is 9.59 Å². The van der Waals surface area contributed by atoms with Crippen LogP contribution >= 0.6 is 0 Å². The van der Waals surface area contributed by atoms with E-state index >= 15 is 0 Å². The summed E-state index contributed by atoms with van der Waals surface area (Å²) >= 11 is 0. The molecule has 28 heavy (non-hydrogen) atoms. The van der Waals surface area contributed by atoms with Gasteiger partial charge in [-0.3, -0.25) is 9.59 Å². The van der Waals surface area contributed by atoms with Crippen molar-refractivity contribution < 1.29 is 19.1 Å². The van der Waals surface area contributed by atoms with Crippen LogP contribution in [0.4, 0.5) is 0 Å². The van der Waals surface area contributed by atoms with Gasteiger partial charge in [0.05, 0.1) is 19.6 Å². The third-order valence-electron chi connectivity index (χ3n) is 4.21. The fourth-order valence-electron chi connectivity index (χ4n) is 2.75. The Morgan fingerprint density at radius 1 is 0.821 bits per heavy atom. The summed E-state index contributed by atoms with van der Waals surface area (Å²) in [4.78, 5) is 25.0. The van der Waals surface area contributed by atoms with Gasteiger partial charge in [-0.05, 0) is 42.0 Å². The number of hydrogen-bond acceptors (Lipinski definition) is 4. The van der Waals surface area contributed by atoms with Gasteiger partial charge in [-0.1, -0.05) is 48.5 Å². The minimum atomic E-state index is -0.500. The number of carbonyl (C=O) groups is 2. The predicted octanol–water partition coefficient (Wildman–Crippen LogP) is 4.16. The summed E-state index contributed by atoms with van der Waals surface area (Å²) in [7, 11) is 1.57. The highest BCUT2D eigenvalue weighted by molar-refractivity contribution is 5.94. The molecule has 0 aliphatic carbocycles. The molecule has 0 radical (unpaired) electrons. The first kappa shape index (κ1) is 19.2. The van der Waals surface area contributed by atoms with Crippen LogP contribution in [0.25, 0.3) is 0 Å². The van der Waals surface area contributed by atoms with Crippen LogP contribution in [-0.2, 0) is 4.79 Å². The molecule has 0 bridgehead atoms. The first-order valence-electron chi connectivity index (χ1n) is 8.91. The maximum Gasteiger partial charge on any atom is 0.313 e. The summed E-state index contributed by atoms with van der Waals surface area (Å²) in [5, 5.41) is 2.92. The number of carbonyl (C=O) groups excluding carboxylic acids is 2. The normalized spacial score (nSPS) is 11.3. The fourth-order valence-corrected chi connectivity index (χ4v) is 2.75. The van der Waals surface area contributed by atoms with Gasteiger partial charge < -0.3 is 14.8 Å². The molecular formula is C23H21NO4. The van der Waals surface area contributed by atoms with Crippen molar-refractivity contribution in [2.24, 2.45) is 0 Å². The maximum absolute atomic E-state index is 12.6. The van der Waals surface area contributed by atoms with Crippen LogP contribution in [0.1, 0.15) is 28.4 Å². The fraction of sp³-hybridized carbons (Fsp3) is 0.130. The summed E-state index contributed by atoms with van der Waals surface area (Å²) in [5.41, 5.74) is 1.37. The van der Waals surface area contributed by atoms with E-state index in [1.165, 1.54) is 0 Å². The molecule has 1 amide bonds. The summed E-state index contributed by atoms with van der Waals surface area (Å²) in [5.74, 6) is 0.420. The highest BCUT2D eigenvalue weighted by Gasteiger charge is 2.20. The second kappa shape index (κ2) is 9.37. The Morgan fingerprint density at radius 3 is 2.00 bits per heavy atom. The number of esters is 1. The maximum atomic E-state index is 12.6. The molecule has 0 aromatic heterocycles. The van der Waals surface area contributed by atoms with Crippen molar-refractivity contribution in [1.29, 1.82) is 0 Å². The second-order valence-corrected chi connectivity index (χ2v) is 6.16. The number of rotatable bonds is 7. The molecule has 0 aliphatic rings. The first-order chi connectivity index (χ1) is 13.7. The molecular weight excluding hydrogens is 354 g/mol. The summed E-state index contributed by atoms with van der Waals surface area (Å²) in [6.07, 6.45) is 0.00855. The minimum absolute atomic E-state index is 0.00855. The van der Waals surface area contributed by atoms with Gasteiger partial charge in [0.1, 0.15) is 11.5 Å². The van der Waals surface area contributed by atoms with Crippen molar-refractivity contribution in [3.63, 3.8) is 0 Å². The number of nitrogens with one attached hydrogen (secondary N) is 1.